The van der Waals surface area contributed by atoms with Crippen LogP contribution in [0.25, 0.3) is 11.1 Å². The second-order valence-electron chi connectivity index (χ2n) is 5.80. The maximum absolute atomic E-state index is 10.9. The lowest BCUT2D eigenvalue weighted by molar-refractivity contribution is 0.0460. The Kier molecular flexibility index (Phi) is 4.61. The van der Waals surface area contributed by atoms with E-state index in [0.717, 1.165) is 23.0 Å². The first-order valence-electron chi connectivity index (χ1n) is 7.03. The number of carbonyl (C=O) groups is 2. The molecule has 0 aliphatic carbocycles. The molecule has 2 rings (SSSR count). The molecule has 0 aliphatic heterocycles. The minimum absolute atomic E-state index is 0.566. The van der Waals surface area contributed by atoms with Crippen molar-refractivity contribution < 1.29 is 14.3 Å². The lowest BCUT2D eigenvalue weighted by Crippen LogP contribution is -2.33. The minimum atomic E-state index is -0.773. The smallest absolute Gasteiger partial charge is 0.405 e. The van der Waals surface area contributed by atoms with Gasteiger partial charge in [0.25, 0.3) is 0 Å². The van der Waals surface area contributed by atoms with Gasteiger partial charge in [0, 0.05) is 12.0 Å². The Hall–Kier alpha value is -2.62. The summed E-state index contributed by atoms with van der Waals surface area (Å²) in [5, 5.41) is 0. The highest BCUT2D eigenvalue weighted by Gasteiger charge is 2.22. The van der Waals surface area contributed by atoms with Crippen LogP contribution in [-0.2, 0) is 11.2 Å². The van der Waals surface area contributed by atoms with Gasteiger partial charge in [-0.1, -0.05) is 48.5 Å². The van der Waals surface area contributed by atoms with Crippen LogP contribution in [-0.4, -0.2) is 18.0 Å². The van der Waals surface area contributed by atoms with Crippen LogP contribution in [0.1, 0.15) is 29.8 Å². The van der Waals surface area contributed by atoms with Gasteiger partial charge in [-0.15, -0.1) is 0 Å². The normalized spacial score (nSPS) is 11.0. The van der Waals surface area contributed by atoms with Crippen molar-refractivity contribution in [3.63, 3.8) is 0 Å². The molecule has 0 bridgehead atoms. The summed E-state index contributed by atoms with van der Waals surface area (Å²) in [5.74, 6) is 0. The van der Waals surface area contributed by atoms with Crippen molar-refractivity contribution in [2.75, 3.05) is 0 Å². The summed E-state index contributed by atoms with van der Waals surface area (Å²) >= 11 is 0. The standard InChI is InChI=1S/C18H19NO3/c1-18(2,22-17(19)21)11-14-4-3-5-16(10-14)15-8-6-13(12-20)7-9-15/h3-10,12H,11H2,1-2H3,(H2,19,21). The largest absolute Gasteiger partial charge is 0.443 e. The molecular weight excluding hydrogens is 278 g/mol. The molecule has 1 amide bonds. The van der Waals surface area contributed by atoms with Crippen LogP contribution < -0.4 is 5.73 Å². The van der Waals surface area contributed by atoms with Gasteiger partial charge in [0.1, 0.15) is 11.9 Å². The average Bonchev–Trinajstić information content (AvgIpc) is 2.45. The molecule has 0 aliphatic rings. The van der Waals surface area contributed by atoms with E-state index in [1.54, 1.807) is 12.1 Å². The first kappa shape index (κ1) is 15.8. The Morgan fingerprint density at radius 1 is 1.14 bits per heavy atom. The molecule has 0 aromatic heterocycles. The topological polar surface area (TPSA) is 69.4 Å². The quantitative estimate of drug-likeness (QED) is 0.857. The van der Waals surface area contributed by atoms with E-state index in [9.17, 15) is 9.59 Å². The summed E-state index contributed by atoms with van der Waals surface area (Å²) in [6.07, 6.45) is 0.616. The molecule has 0 saturated carbocycles. The van der Waals surface area contributed by atoms with Crippen LogP contribution >= 0.6 is 0 Å². The Bertz CT molecular complexity index is 675. The third-order valence-corrected chi connectivity index (χ3v) is 3.31. The summed E-state index contributed by atoms with van der Waals surface area (Å²) in [4.78, 5) is 21.6. The van der Waals surface area contributed by atoms with Crippen molar-refractivity contribution in [1.82, 2.24) is 0 Å². The molecule has 114 valence electrons. The zero-order valence-electron chi connectivity index (χ0n) is 12.7. The van der Waals surface area contributed by atoms with Crippen LogP contribution in [0.3, 0.4) is 0 Å². The van der Waals surface area contributed by atoms with Gasteiger partial charge >= 0.3 is 6.09 Å². The minimum Gasteiger partial charge on any atom is -0.443 e. The average molecular weight is 297 g/mol. The van der Waals surface area contributed by atoms with Gasteiger partial charge < -0.3 is 10.5 Å². The highest BCUT2D eigenvalue weighted by molar-refractivity contribution is 5.77. The Balaban J connectivity index is 2.22. The number of ether oxygens (including phenoxy) is 1. The molecule has 0 spiro atoms. The molecule has 0 radical (unpaired) electrons. The Morgan fingerprint density at radius 2 is 1.82 bits per heavy atom. The lowest BCUT2D eigenvalue weighted by Gasteiger charge is -2.24. The molecule has 0 saturated heterocycles. The number of carbonyl (C=O) groups excluding carboxylic acids is 2. The highest BCUT2D eigenvalue weighted by atomic mass is 16.6. The molecule has 0 heterocycles. The molecule has 4 nitrogen and oxygen atoms in total. The summed E-state index contributed by atoms with van der Waals surface area (Å²) in [6, 6.07) is 15.4. The number of hydrogen-bond acceptors (Lipinski definition) is 3. The summed E-state index contributed by atoms with van der Waals surface area (Å²) in [5.41, 5.74) is 8.20. The fourth-order valence-corrected chi connectivity index (χ4v) is 2.41. The third kappa shape index (κ3) is 4.19. The van der Waals surface area contributed by atoms with E-state index in [2.05, 4.69) is 0 Å². The number of benzene rings is 2. The van der Waals surface area contributed by atoms with Crippen molar-refractivity contribution in [2.24, 2.45) is 5.73 Å². The first-order valence-corrected chi connectivity index (χ1v) is 7.03. The summed E-state index contributed by atoms with van der Waals surface area (Å²) in [7, 11) is 0. The molecule has 2 aromatic carbocycles. The van der Waals surface area contributed by atoms with E-state index in [1.165, 1.54) is 0 Å². The van der Waals surface area contributed by atoms with E-state index in [0.29, 0.717) is 12.0 Å². The van der Waals surface area contributed by atoms with E-state index in [1.807, 2.05) is 50.2 Å². The predicted molar refractivity (Wildman–Crippen MR) is 85.7 cm³/mol. The van der Waals surface area contributed by atoms with Gasteiger partial charge in [-0.3, -0.25) is 4.79 Å². The number of amides is 1. The van der Waals surface area contributed by atoms with Gasteiger partial charge in [0.2, 0.25) is 0 Å². The van der Waals surface area contributed by atoms with Gasteiger partial charge in [0.15, 0.2) is 0 Å². The summed E-state index contributed by atoms with van der Waals surface area (Å²) < 4.78 is 5.12. The second-order valence-corrected chi connectivity index (χ2v) is 5.80. The maximum Gasteiger partial charge on any atom is 0.405 e. The number of primary amides is 1. The molecule has 22 heavy (non-hydrogen) atoms. The monoisotopic (exact) mass is 297 g/mol. The predicted octanol–water partition coefficient (Wildman–Crippen LogP) is 3.58. The van der Waals surface area contributed by atoms with Crippen molar-refractivity contribution in [3.05, 3.63) is 59.7 Å². The van der Waals surface area contributed by atoms with E-state index < -0.39 is 11.7 Å². The third-order valence-electron chi connectivity index (χ3n) is 3.31. The highest BCUT2D eigenvalue weighted by Crippen LogP contribution is 2.24. The van der Waals surface area contributed by atoms with Crippen molar-refractivity contribution in [3.8, 4) is 11.1 Å². The van der Waals surface area contributed by atoms with Gasteiger partial charge in [-0.05, 0) is 30.5 Å². The molecule has 0 atom stereocenters. The zero-order valence-corrected chi connectivity index (χ0v) is 12.7. The van der Waals surface area contributed by atoms with Crippen LogP contribution in [0, 0.1) is 0 Å². The van der Waals surface area contributed by atoms with E-state index in [-0.39, 0.29) is 0 Å². The van der Waals surface area contributed by atoms with Crippen LogP contribution in [0.2, 0.25) is 0 Å². The van der Waals surface area contributed by atoms with E-state index in [4.69, 9.17) is 10.5 Å². The summed E-state index contributed by atoms with van der Waals surface area (Å²) in [6.45, 7) is 3.65. The first-order chi connectivity index (χ1) is 10.4. The van der Waals surface area contributed by atoms with Gasteiger partial charge in [-0.25, -0.2) is 4.79 Å². The Labute approximate surface area is 129 Å². The molecule has 2 aromatic rings. The van der Waals surface area contributed by atoms with Gasteiger partial charge in [0.05, 0.1) is 0 Å². The van der Waals surface area contributed by atoms with Crippen molar-refractivity contribution in [1.29, 1.82) is 0 Å². The van der Waals surface area contributed by atoms with Crippen LogP contribution in [0.5, 0.6) is 0 Å². The number of aldehydes is 1. The fraction of sp³-hybridized carbons (Fsp3) is 0.222. The molecule has 0 fully saturated rings. The Morgan fingerprint density at radius 3 is 2.41 bits per heavy atom. The zero-order chi connectivity index (χ0) is 16.2. The van der Waals surface area contributed by atoms with Gasteiger partial charge in [-0.2, -0.15) is 0 Å². The van der Waals surface area contributed by atoms with Crippen LogP contribution in [0.15, 0.2) is 48.5 Å². The fourth-order valence-electron chi connectivity index (χ4n) is 2.41. The molecule has 2 N–H and O–H groups in total. The number of hydrogen-bond donors (Lipinski definition) is 1. The number of rotatable bonds is 5. The van der Waals surface area contributed by atoms with E-state index >= 15 is 0 Å². The molecule has 4 heteroatoms. The lowest BCUT2D eigenvalue weighted by atomic mass is 9.95. The number of nitrogens with two attached hydrogens (primary N) is 1. The van der Waals surface area contributed by atoms with Crippen molar-refractivity contribution in [2.45, 2.75) is 25.9 Å². The van der Waals surface area contributed by atoms with Crippen molar-refractivity contribution >= 4 is 12.4 Å². The molecular formula is C18H19NO3. The maximum atomic E-state index is 10.9. The SMILES string of the molecule is CC(C)(Cc1cccc(-c2ccc(C=O)cc2)c1)OC(N)=O. The molecule has 0 unspecified atom stereocenters. The van der Waals surface area contributed by atoms with Crippen LogP contribution in [0.4, 0.5) is 4.79 Å². The second kappa shape index (κ2) is 6.43.